The third kappa shape index (κ3) is 5.09. The molecule has 0 saturated carbocycles. The van der Waals surface area contributed by atoms with Crippen LogP contribution in [-0.2, 0) is 9.84 Å². The zero-order chi connectivity index (χ0) is 19.4. The average molecular weight is 391 g/mol. The molecule has 7 nitrogen and oxygen atoms in total. The van der Waals surface area contributed by atoms with E-state index in [2.05, 4.69) is 15.3 Å². The first-order valence-electron chi connectivity index (χ1n) is 9.19. The summed E-state index contributed by atoms with van der Waals surface area (Å²) >= 11 is 0. The molecular weight excluding hydrogens is 364 g/mol. The predicted molar refractivity (Wildman–Crippen MR) is 108 cm³/mol. The van der Waals surface area contributed by atoms with E-state index in [9.17, 15) is 8.42 Å². The van der Waals surface area contributed by atoms with Crippen LogP contribution in [0.3, 0.4) is 0 Å². The van der Waals surface area contributed by atoms with Crippen LogP contribution in [0.5, 0.6) is 5.75 Å². The topological polar surface area (TPSA) is 84.4 Å². The van der Waals surface area contributed by atoms with E-state index in [-0.39, 0.29) is 23.7 Å². The quantitative estimate of drug-likeness (QED) is 0.778. The van der Waals surface area contributed by atoms with Crippen LogP contribution in [-0.4, -0.2) is 48.6 Å². The molecule has 2 heterocycles. The van der Waals surface area contributed by atoms with Crippen molar-refractivity contribution in [2.24, 2.45) is 0 Å². The molecule has 1 aromatic carbocycles. The van der Waals surface area contributed by atoms with E-state index < -0.39 is 9.84 Å². The van der Waals surface area contributed by atoms with Crippen LogP contribution < -0.4 is 15.0 Å². The summed E-state index contributed by atoms with van der Waals surface area (Å²) in [7, 11) is -2.94. The van der Waals surface area contributed by atoms with E-state index in [0.29, 0.717) is 18.8 Å². The number of aromatic nitrogens is 2. The first kappa shape index (κ1) is 19.4. The van der Waals surface area contributed by atoms with Gasteiger partial charge in [-0.15, -0.1) is 0 Å². The van der Waals surface area contributed by atoms with Gasteiger partial charge in [-0.1, -0.05) is 0 Å². The summed E-state index contributed by atoms with van der Waals surface area (Å²) in [6.45, 7) is 6.68. The van der Waals surface area contributed by atoms with Gasteiger partial charge in [0, 0.05) is 24.3 Å². The first-order valence-corrected chi connectivity index (χ1v) is 11.0. The normalized spacial score (nSPS) is 18.4. The molecule has 146 valence electrons. The Labute approximate surface area is 160 Å². The van der Waals surface area contributed by atoms with Gasteiger partial charge in [0.2, 0.25) is 0 Å². The van der Waals surface area contributed by atoms with Gasteiger partial charge in [-0.25, -0.2) is 18.4 Å². The van der Waals surface area contributed by atoms with Gasteiger partial charge >= 0.3 is 0 Å². The van der Waals surface area contributed by atoms with Crippen molar-refractivity contribution in [1.82, 2.24) is 9.97 Å². The molecule has 1 fully saturated rings. The molecule has 0 bridgehead atoms. The van der Waals surface area contributed by atoms with Gasteiger partial charge in [0.1, 0.15) is 23.7 Å². The van der Waals surface area contributed by atoms with E-state index in [4.69, 9.17) is 4.74 Å². The predicted octanol–water partition coefficient (Wildman–Crippen LogP) is 3.02. The number of rotatable bonds is 7. The highest BCUT2D eigenvalue weighted by atomic mass is 32.2. The summed E-state index contributed by atoms with van der Waals surface area (Å²) in [5.74, 6) is 2.65. The number of ether oxygens (including phenoxy) is 1. The molecule has 1 aliphatic heterocycles. The Hall–Kier alpha value is -2.35. The Morgan fingerprint density at radius 3 is 2.59 bits per heavy atom. The maximum Gasteiger partial charge on any atom is 0.152 e. The SMILES string of the molecule is CCN(c1cc(Nc2ccc(OC(C)C)cc2)ncn1)C1CCS(=O)(=O)C1. The van der Waals surface area contributed by atoms with Crippen molar-refractivity contribution in [1.29, 1.82) is 0 Å². The van der Waals surface area contributed by atoms with Crippen LogP contribution in [0.4, 0.5) is 17.3 Å². The van der Waals surface area contributed by atoms with Crippen LogP contribution in [0.25, 0.3) is 0 Å². The van der Waals surface area contributed by atoms with Crippen LogP contribution >= 0.6 is 0 Å². The second-order valence-electron chi connectivity index (χ2n) is 6.92. The zero-order valence-corrected chi connectivity index (χ0v) is 16.7. The molecule has 1 unspecified atom stereocenters. The van der Waals surface area contributed by atoms with Crippen LogP contribution in [0.15, 0.2) is 36.7 Å². The van der Waals surface area contributed by atoms with E-state index >= 15 is 0 Å². The molecule has 2 aromatic rings. The third-order valence-corrected chi connectivity index (χ3v) is 6.19. The summed E-state index contributed by atoms with van der Waals surface area (Å²) in [5.41, 5.74) is 0.891. The van der Waals surface area contributed by atoms with Gasteiger partial charge in [-0.05, 0) is 51.5 Å². The fraction of sp³-hybridized carbons (Fsp3) is 0.474. The van der Waals surface area contributed by atoms with Crippen LogP contribution in [0, 0.1) is 0 Å². The Morgan fingerprint density at radius 1 is 1.26 bits per heavy atom. The molecule has 3 rings (SSSR count). The second kappa shape index (κ2) is 8.12. The van der Waals surface area contributed by atoms with Crippen molar-refractivity contribution in [2.45, 2.75) is 39.3 Å². The van der Waals surface area contributed by atoms with Gasteiger partial charge in [-0.2, -0.15) is 0 Å². The largest absolute Gasteiger partial charge is 0.491 e. The number of nitrogens with zero attached hydrogens (tertiary/aromatic N) is 3. The molecule has 1 aliphatic rings. The van der Waals surface area contributed by atoms with Gasteiger partial charge in [0.05, 0.1) is 17.6 Å². The van der Waals surface area contributed by atoms with Crippen molar-refractivity contribution in [3.8, 4) is 5.75 Å². The minimum absolute atomic E-state index is 0.0322. The highest BCUT2D eigenvalue weighted by Gasteiger charge is 2.32. The van der Waals surface area contributed by atoms with E-state index in [1.165, 1.54) is 6.33 Å². The molecule has 27 heavy (non-hydrogen) atoms. The average Bonchev–Trinajstić information content (AvgIpc) is 2.97. The lowest BCUT2D eigenvalue weighted by Gasteiger charge is -2.28. The Morgan fingerprint density at radius 2 is 2.00 bits per heavy atom. The molecule has 0 spiro atoms. The molecular formula is C19H26N4O3S. The summed E-state index contributed by atoms with van der Waals surface area (Å²) in [5, 5.41) is 3.26. The zero-order valence-electron chi connectivity index (χ0n) is 15.9. The smallest absolute Gasteiger partial charge is 0.152 e. The van der Waals surface area contributed by atoms with Crippen LogP contribution in [0.2, 0.25) is 0 Å². The number of nitrogens with one attached hydrogen (secondary N) is 1. The fourth-order valence-electron chi connectivity index (χ4n) is 3.24. The van der Waals surface area contributed by atoms with Gasteiger partial charge in [0.15, 0.2) is 9.84 Å². The third-order valence-electron chi connectivity index (χ3n) is 4.44. The number of hydrogen-bond donors (Lipinski definition) is 1. The first-order chi connectivity index (χ1) is 12.9. The molecule has 1 aromatic heterocycles. The maximum atomic E-state index is 11.8. The number of anilines is 3. The highest BCUT2D eigenvalue weighted by molar-refractivity contribution is 7.91. The van der Waals surface area contributed by atoms with Crippen molar-refractivity contribution in [2.75, 3.05) is 28.3 Å². The number of hydrogen-bond acceptors (Lipinski definition) is 7. The minimum atomic E-state index is -2.94. The summed E-state index contributed by atoms with van der Waals surface area (Å²) in [6, 6.07) is 9.50. The molecule has 0 radical (unpaired) electrons. The van der Waals surface area contributed by atoms with Gasteiger partial charge < -0.3 is 15.0 Å². The van der Waals surface area contributed by atoms with Crippen molar-refractivity contribution in [3.63, 3.8) is 0 Å². The highest BCUT2D eigenvalue weighted by Crippen LogP contribution is 2.25. The van der Waals surface area contributed by atoms with E-state index in [1.807, 2.05) is 56.0 Å². The maximum absolute atomic E-state index is 11.8. The summed E-state index contributed by atoms with van der Waals surface area (Å²) in [4.78, 5) is 10.7. The van der Waals surface area contributed by atoms with E-state index in [1.54, 1.807) is 0 Å². The number of benzene rings is 1. The second-order valence-corrected chi connectivity index (χ2v) is 9.15. The molecule has 8 heteroatoms. The minimum Gasteiger partial charge on any atom is -0.491 e. The lowest BCUT2D eigenvalue weighted by molar-refractivity contribution is 0.242. The molecule has 1 N–H and O–H groups in total. The molecule has 0 amide bonds. The Kier molecular flexibility index (Phi) is 5.84. The van der Waals surface area contributed by atoms with Crippen LogP contribution in [0.1, 0.15) is 27.2 Å². The fourth-order valence-corrected chi connectivity index (χ4v) is 4.97. The van der Waals surface area contributed by atoms with Gasteiger partial charge in [-0.3, -0.25) is 0 Å². The van der Waals surface area contributed by atoms with Crippen molar-refractivity contribution >= 4 is 27.2 Å². The standard InChI is InChI=1S/C19H26N4O3S/c1-4-23(16-9-10-27(24,25)12-16)19-11-18(20-13-21-19)22-15-5-7-17(8-6-15)26-14(2)3/h5-8,11,13-14,16H,4,9-10,12H2,1-3H3,(H,20,21,22). The lowest BCUT2D eigenvalue weighted by Crippen LogP contribution is -2.36. The molecule has 1 atom stereocenters. The Balaban J connectivity index is 1.73. The Bertz CT molecular complexity index is 869. The number of sulfone groups is 1. The molecule has 0 aliphatic carbocycles. The van der Waals surface area contributed by atoms with Crippen molar-refractivity contribution in [3.05, 3.63) is 36.7 Å². The lowest BCUT2D eigenvalue weighted by atomic mass is 10.2. The van der Waals surface area contributed by atoms with Crippen molar-refractivity contribution < 1.29 is 13.2 Å². The van der Waals surface area contributed by atoms with Gasteiger partial charge in [0.25, 0.3) is 0 Å². The monoisotopic (exact) mass is 390 g/mol. The molecule has 1 saturated heterocycles. The summed E-state index contributed by atoms with van der Waals surface area (Å²) < 4.78 is 29.3. The van der Waals surface area contributed by atoms with E-state index in [0.717, 1.165) is 17.3 Å². The summed E-state index contributed by atoms with van der Waals surface area (Å²) in [6.07, 6.45) is 2.27.